The molecule has 3 fully saturated rings. The van der Waals surface area contributed by atoms with Gasteiger partial charge in [0.25, 0.3) is 0 Å². The number of H-pyrrole nitrogens is 1. The van der Waals surface area contributed by atoms with Crippen LogP contribution in [0, 0.1) is 5.92 Å². The summed E-state index contributed by atoms with van der Waals surface area (Å²) in [5.74, 6) is 0.454. The summed E-state index contributed by atoms with van der Waals surface area (Å²) in [6, 6.07) is 36.9. The first-order chi connectivity index (χ1) is 32.6. The van der Waals surface area contributed by atoms with Crippen LogP contribution in [0.3, 0.4) is 0 Å². The van der Waals surface area contributed by atoms with Gasteiger partial charge < -0.3 is 50.3 Å². The fourth-order valence-corrected chi connectivity index (χ4v) is 8.68. The number of alkyl carbamates (subject to hydrolysis) is 1. The van der Waals surface area contributed by atoms with E-state index in [1.165, 1.54) is 12.1 Å². The van der Waals surface area contributed by atoms with Crippen LogP contribution in [-0.2, 0) is 22.6 Å². The second kappa shape index (κ2) is 21.9. The Hall–Kier alpha value is -7.20. The molecule has 2 bridgehead atoms. The van der Waals surface area contributed by atoms with Gasteiger partial charge in [0.1, 0.15) is 30.8 Å². The van der Waals surface area contributed by atoms with Gasteiger partial charge in [-0.1, -0.05) is 72.8 Å². The van der Waals surface area contributed by atoms with Gasteiger partial charge in [0, 0.05) is 43.3 Å². The maximum atomic E-state index is 13.3. The van der Waals surface area contributed by atoms with Crippen molar-refractivity contribution < 1.29 is 38.8 Å². The minimum atomic E-state index is -0.890. The molecule has 0 saturated carbocycles. The number of hydrogen-bond donors (Lipinski definition) is 6. The van der Waals surface area contributed by atoms with Gasteiger partial charge in [-0.25, -0.2) is 14.4 Å². The number of anilines is 1. The zero-order valence-electron chi connectivity index (χ0n) is 37.4. The third-order valence-corrected chi connectivity index (χ3v) is 12.4. The summed E-state index contributed by atoms with van der Waals surface area (Å²) in [6.07, 6.45) is 0.683. The lowest BCUT2D eigenvalue weighted by Gasteiger charge is -2.43. The summed E-state index contributed by atoms with van der Waals surface area (Å²) in [7, 11) is 0. The number of esters is 1. The molecule has 9 rings (SSSR count). The predicted octanol–water partition coefficient (Wildman–Crippen LogP) is 7.26. The standard InChI is InChI=1S/C52H56N6O9/c1-2-58(51(63)54-40-17-13-34(14-18-40)30-53-31-45(60)42-19-21-44(59)49-43(42)20-22-47(61)55-49)27-28-65-50(62)38-15-11-35(12-16-38)33-66-41-10-6-9-39(29-41)48(37-7-4-3-5-8-37)56-52(64)67-46-32-57-25-23-36(46)24-26-57/h3-22,29,36,45-46,48,53,59-60H,2,23-28,30-33H2,1H3,(H,54,63)(H,55,61)(H,56,64). The highest BCUT2D eigenvalue weighted by atomic mass is 16.6. The Labute approximate surface area is 388 Å². The van der Waals surface area contributed by atoms with E-state index in [1.807, 2.05) is 73.7 Å². The molecule has 5 aromatic carbocycles. The van der Waals surface area contributed by atoms with Crippen molar-refractivity contribution in [3.05, 3.63) is 171 Å². The van der Waals surface area contributed by atoms with Crippen LogP contribution in [0.5, 0.6) is 11.5 Å². The van der Waals surface area contributed by atoms with E-state index in [1.54, 1.807) is 53.4 Å². The fraction of sp³-hybridized carbons (Fsp3) is 0.308. The van der Waals surface area contributed by atoms with Crippen molar-refractivity contribution in [2.45, 2.75) is 51.2 Å². The van der Waals surface area contributed by atoms with Crippen LogP contribution in [0.1, 0.15) is 70.1 Å². The van der Waals surface area contributed by atoms with Crippen LogP contribution in [0.15, 0.2) is 132 Å². The zero-order chi connectivity index (χ0) is 46.7. The van der Waals surface area contributed by atoms with E-state index in [0.717, 1.165) is 54.7 Å². The van der Waals surface area contributed by atoms with Crippen molar-refractivity contribution in [2.75, 3.05) is 51.2 Å². The lowest BCUT2D eigenvalue weighted by atomic mass is 9.86. The SMILES string of the molecule is CCN(CCOC(=O)c1ccc(COc2cccc(C(NC(=O)OC3CN4CCC3CC4)c3ccccc3)c2)cc1)C(=O)Nc1ccc(CNCC(O)c2ccc(O)c3[nH]c(=O)ccc23)cc1. The highest BCUT2D eigenvalue weighted by Gasteiger charge is 2.37. The number of hydrogen-bond acceptors (Lipinski definition) is 11. The Morgan fingerprint density at radius 1 is 0.866 bits per heavy atom. The number of aliphatic hydroxyl groups excluding tert-OH is 1. The number of aromatic hydroxyl groups is 1. The Kier molecular flexibility index (Phi) is 15.1. The van der Waals surface area contributed by atoms with E-state index in [2.05, 4.69) is 25.8 Å². The molecule has 0 radical (unpaired) electrons. The van der Waals surface area contributed by atoms with E-state index in [0.29, 0.717) is 47.0 Å². The van der Waals surface area contributed by atoms with Gasteiger partial charge in [0.2, 0.25) is 5.56 Å². The second-order valence-electron chi connectivity index (χ2n) is 16.9. The Morgan fingerprint density at radius 2 is 1.61 bits per heavy atom. The molecule has 3 amide bonds. The van der Waals surface area contributed by atoms with Crippen LogP contribution in [0.4, 0.5) is 15.3 Å². The number of aromatic nitrogens is 1. The minimum absolute atomic E-state index is 0.00584. The van der Waals surface area contributed by atoms with Crippen LogP contribution in [0.25, 0.3) is 10.9 Å². The molecule has 6 aromatic rings. The highest BCUT2D eigenvalue weighted by Crippen LogP contribution is 2.32. The van der Waals surface area contributed by atoms with Gasteiger partial charge in [0.05, 0.1) is 29.8 Å². The number of likely N-dealkylation sites (N-methyl/N-ethyl adjacent to an activating group) is 1. The number of aliphatic hydroxyl groups is 1. The molecular weight excluding hydrogens is 853 g/mol. The number of pyridine rings is 1. The average molecular weight is 909 g/mol. The first-order valence-electron chi connectivity index (χ1n) is 22.7. The number of phenolic OH excluding ortho intramolecular Hbond substituents is 1. The van der Waals surface area contributed by atoms with Crippen LogP contribution >= 0.6 is 0 Å². The summed E-state index contributed by atoms with van der Waals surface area (Å²) >= 11 is 0. The van der Waals surface area contributed by atoms with Gasteiger partial charge in [-0.15, -0.1) is 0 Å². The topological polar surface area (TPSA) is 195 Å². The Balaban J connectivity index is 0.766. The molecule has 6 N–H and O–H groups in total. The van der Waals surface area contributed by atoms with E-state index in [9.17, 15) is 29.4 Å². The summed E-state index contributed by atoms with van der Waals surface area (Å²) in [5, 5.41) is 30.8. The van der Waals surface area contributed by atoms with Gasteiger partial charge >= 0.3 is 18.1 Å². The molecule has 15 heteroatoms. The van der Waals surface area contributed by atoms with E-state index in [4.69, 9.17) is 14.2 Å². The maximum absolute atomic E-state index is 13.3. The van der Waals surface area contributed by atoms with Crippen molar-refractivity contribution in [1.29, 1.82) is 0 Å². The quantitative estimate of drug-likeness (QED) is 0.0476. The largest absolute Gasteiger partial charge is 0.506 e. The number of urea groups is 1. The summed E-state index contributed by atoms with van der Waals surface area (Å²) in [4.78, 5) is 57.5. The molecule has 1 aromatic heterocycles. The number of benzene rings is 5. The van der Waals surface area contributed by atoms with Crippen LogP contribution < -0.4 is 26.2 Å². The number of phenols is 1. The normalized spacial score (nSPS) is 17.3. The number of piperidine rings is 3. The lowest BCUT2D eigenvalue weighted by molar-refractivity contribution is -0.0336. The van der Waals surface area contributed by atoms with E-state index < -0.39 is 24.2 Å². The number of nitrogens with one attached hydrogen (secondary N) is 4. The third-order valence-electron chi connectivity index (χ3n) is 12.4. The summed E-state index contributed by atoms with van der Waals surface area (Å²) < 4.78 is 17.7. The lowest BCUT2D eigenvalue weighted by Crippen LogP contribution is -2.52. The van der Waals surface area contributed by atoms with Gasteiger partial charge in [0.15, 0.2) is 0 Å². The molecule has 0 spiro atoms. The summed E-state index contributed by atoms with van der Waals surface area (Å²) in [5.41, 5.74) is 5.01. The van der Waals surface area contributed by atoms with Crippen molar-refractivity contribution in [3.8, 4) is 11.5 Å². The number of ether oxygens (including phenoxy) is 3. The molecule has 0 aliphatic carbocycles. The number of carbonyl (C=O) groups excluding carboxylic acids is 3. The fourth-order valence-electron chi connectivity index (χ4n) is 8.68. The Bertz CT molecular complexity index is 2690. The average Bonchev–Trinajstić information content (AvgIpc) is 3.35. The monoisotopic (exact) mass is 908 g/mol. The number of rotatable bonds is 18. The molecule has 348 valence electrons. The van der Waals surface area contributed by atoms with Crippen LogP contribution in [-0.4, -0.2) is 95.1 Å². The number of nitrogens with zero attached hydrogens (tertiary/aromatic N) is 2. The molecule has 67 heavy (non-hydrogen) atoms. The highest BCUT2D eigenvalue weighted by molar-refractivity contribution is 5.90. The minimum Gasteiger partial charge on any atom is -0.506 e. The molecule has 3 saturated heterocycles. The molecule has 3 aliphatic rings. The molecule has 15 nitrogen and oxygen atoms in total. The number of aromatic amines is 1. The molecule has 4 heterocycles. The smallest absolute Gasteiger partial charge is 0.408 e. The first kappa shape index (κ1) is 46.3. The third kappa shape index (κ3) is 12.0. The number of fused-ring (bicyclic) bond motifs is 4. The van der Waals surface area contributed by atoms with Gasteiger partial charge in [-0.05, 0) is 115 Å². The van der Waals surface area contributed by atoms with Gasteiger partial charge in [-0.2, -0.15) is 0 Å². The Morgan fingerprint density at radius 3 is 2.34 bits per heavy atom. The zero-order valence-corrected chi connectivity index (χ0v) is 37.4. The van der Waals surface area contributed by atoms with Crippen molar-refractivity contribution in [3.63, 3.8) is 0 Å². The number of carbonyl (C=O) groups is 3. The molecule has 3 aliphatic heterocycles. The molecular formula is C52H56N6O9. The van der Waals surface area contributed by atoms with Crippen LogP contribution in [0.2, 0.25) is 0 Å². The number of amides is 3. The van der Waals surface area contributed by atoms with Crippen molar-refractivity contribution >= 4 is 34.7 Å². The molecule has 3 atom stereocenters. The first-order valence-corrected chi connectivity index (χ1v) is 22.7. The molecule has 3 unspecified atom stereocenters. The van der Waals surface area contributed by atoms with Crippen molar-refractivity contribution in [1.82, 2.24) is 25.4 Å². The van der Waals surface area contributed by atoms with Gasteiger partial charge in [-0.3, -0.25) is 9.69 Å². The second-order valence-corrected chi connectivity index (χ2v) is 16.9. The van der Waals surface area contributed by atoms with E-state index >= 15 is 0 Å². The van der Waals surface area contributed by atoms with E-state index in [-0.39, 0.29) is 55.3 Å². The summed E-state index contributed by atoms with van der Waals surface area (Å²) in [6.45, 7) is 6.28. The maximum Gasteiger partial charge on any atom is 0.408 e. The van der Waals surface area contributed by atoms with Crippen molar-refractivity contribution in [2.24, 2.45) is 5.92 Å². The predicted molar refractivity (Wildman–Crippen MR) is 254 cm³/mol.